The van der Waals surface area contributed by atoms with Crippen molar-refractivity contribution in [2.75, 3.05) is 9.80 Å². The molecule has 0 amide bonds. The van der Waals surface area contributed by atoms with Gasteiger partial charge in [0.2, 0.25) is 0 Å². The van der Waals surface area contributed by atoms with Gasteiger partial charge in [-0.05, 0) is 118 Å². The second-order valence-corrected chi connectivity index (χ2v) is 12.2. The maximum Gasteiger partial charge on any atom is 0.0461 e. The molecule has 6 aromatic rings. The summed E-state index contributed by atoms with van der Waals surface area (Å²) in [6.07, 6.45) is 1.03. The lowest BCUT2D eigenvalue weighted by molar-refractivity contribution is 0.777. The molecular weight excluding hydrogens is 544 g/mol. The van der Waals surface area contributed by atoms with Gasteiger partial charge in [-0.1, -0.05) is 102 Å². The van der Waals surface area contributed by atoms with Crippen molar-refractivity contribution < 1.29 is 0 Å². The Kier molecular flexibility index (Phi) is 8.84. The van der Waals surface area contributed by atoms with Crippen molar-refractivity contribution in [3.63, 3.8) is 0 Å². The van der Waals surface area contributed by atoms with Crippen LogP contribution >= 0.6 is 0 Å². The molecule has 0 bridgehead atoms. The molecule has 224 valence electrons. The van der Waals surface area contributed by atoms with Crippen molar-refractivity contribution in [3.8, 4) is 0 Å². The number of benzene rings is 6. The van der Waals surface area contributed by atoms with Crippen LogP contribution < -0.4 is 9.80 Å². The first kappa shape index (κ1) is 30.0. The summed E-state index contributed by atoms with van der Waals surface area (Å²) in [7, 11) is 0. The Morgan fingerprint density at radius 1 is 0.333 bits per heavy atom. The normalized spacial score (nSPS) is 11.1. The van der Waals surface area contributed by atoms with Gasteiger partial charge in [0.15, 0.2) is 0 Å². The van der Waals surface area contributed by atoms with Crippen molar-refractivity contribution in [2.24, 2.45) is 0 Å². The highest BCUT2D eigenvalue weighted by atomic mass is 15.1. The van der Waals surface area contributed by atoms with Gasteiger partial charge in [-0.2, -0.15) is 0 Å². The summed E-state index contributed by atoms with van der Waals surface area (Å²) >= 11 is 0. The molecular formula is C43H42N2. The maximum absolute atomic E-state index is 2.34. The minimum atomic E-state index is 0.312. The largest absolute Gasteiger partial charge is 0.311 e. The molecule has 0 saturated heterocycles. The Morgan fingerprint density at radius 2 is 0.533 bits per heavy atom. The van der Waals surface area contributed by atoms with Crippen molar-refractivity contribution >= 4 is 34.1 Å². The molecule has 0 heterocycles. The molecule has 0 saturated carbocycles. The van der Waals surface area contributed by atoms with Crippen LogP contribution in [-0.2, 0) is 0 Å². The zero-order valence-corrected chi connectivity index (χ0v) is 27.0. The van der Waals surface area contributed by atoms with E-state index in [0.29, 0.717) is 5.92 Å². The van der Waals surface area contributed by atoms with E-state index in [0.717, 1.165) is 40.5 Å². The second-order valence-electron chi connectivity index (χ2n) is 12.2. The third kappa shape index (κ3) is 6.71. The van der Waals surface area contributed by atoms with E-state index in [9.17, 15) is 0 Å². The van der Waals surface area contributed by atoms with Gasteiger partial charge >= 0.3 is 0 Å². The summed E-state index contributed by atoms with van der Waals surface area (Å²) in [5, 5.41) is 0. The summed E-state index contributed by atoms with van der Waals surface area (Å²) in [5.74, 6) is 0.312. The van der Waals surface area contributed by atoms with E-state index >= 15 is 0 Å². The van der Waals surface area contributed by atoms with E-state index in [1.807, 2.05) is 0 Å². The van der Waals surface area contributed by atoms with Gasteiger partial charge in [0.05, 0.1) is 0 Å². The molecule has 0 fully saturated rings. The maximum atomic E-state index is 2.34. The van der Waals surface area contributed by atoms with Gasteiger partial charge in [-0.3, -0.25) is 0 Å². The highest BCUT2D eigenvalue weighted by Crippen LogP contribution is 2.39. The summed E-state index contributed by atoms with van der Waals surface area (Å²) in [6.45, 7) is 10.8. The molecule has 0 unspecified atom stereocenters. The molecule has 6 rings (SSSR count). The minimum Gasteiger partial charge on any atom is -0.311 e. The van der Waals surface area contributed by atoms with Crippen LogP contribution in [0.3, 0.4) is 0 Å². The fourth-order valence-corrected chi connectivity index (χ4v) is 6.05. The summed E-state index contributed by atoms with van der Waals surface area (Å²) in [4.78, 5) is 4.67. The fourth-order valence-electron chi connectivity index (χ4n) is 6.05. The molecule has 0 aliphatic carbocycles. The Balaban J connectivity index is 1.30. The third-order valence-electron chi connectivity index (χ3n) is 8.68. The molecule has 6 aromatic carbocycles. The Labute approximate surface area is 269 Å². The van der Waals surface area contributed by atoms with Crippen LogP contribution in [0, 0.1) is 27.7 Å². The van der Waals surface area contributed by atoms with Crippen molar-refractivity contribution in [1.82, 2.24) is 0 Å². The third-order valence-corrected chi connectivity index (χ3v) is 8.68. The van der Waals surface area contributed by atoms with Crippen molar-refractivity contribution in [3.05, 3.63) is 179 Å². The van der Waals surface area contributed by atoms with Crippen molar-refractivity contribution in [2.45, 2.75) is 47.0 Å². The molecule has 45 heavy (non-hydrogen) atoms. The predicted molar refractivity (Wildman–Crippen MR) is 193 cm³/mol. The first-order valence-corrected chi connectivity index (χ1v) is 16.0. The quantitative estimate of drug-likeness (QED) is 0.166. The highest BCUT2D eigenvalue weighted by Gasteiger charge is 2.17. The first-order chi connectivity index (χ1) is 21.9. The summed E-state index contributed by atoms with van der Waals surface area (Å²) in [5.41, 5.74) is 14.6. The first-order valence-electron chi connectivity index (χ1n) is 16.0. The molecule has 0 radical (unpaired) electrons. The van der Waals surface area contributed by atoms with E-state index in [4.69, 9.17) is 0 Å². The number of anilines is 6. The van der Waals surface area contributed by atoms with Crippen LogP contribution in [0.5, 0.6) is 0 Å². The second kappa shape index (κ2) is 13.3. The minimum absolute atomic E-state index is 0.312. The van der Waals surface area contributed by atoms with Crippen LogP contribution in [0.25, 0.3) is 0 Å². The lowest BCUT2D eigenvalue weighted by Gasteiger charge is -2.27. The molecule has 0 aliphatic rings. The Bertz CT molecular complexity index is 1590. The van der Waals surface area contributed by atoms with Gasteiger partial charge in [0.1, 0.15) is 0 Å². The molecule has 2 nitrogen and oxygen atoms in total. The van der Waals surface area contributed by atoms with E-state index in [1.165, 1.54) is 33.4 Å². The average molecular weight is 587 g/mol. The van der Waals surface area contributed by atoms with E-state index in [-0.39, 0.29) is 0 Å². The fraction of sp³-hybridized carbons (Fsp3) is 0.163. The SMILES string of the molecule is CCC(c1ccc(N(c2ccc(C)cc2)c2ccc(C)cc2)cc1)c1ccc(N(c2ccc(C)cc2)c2ccc(C)cc2)cc1. The molecule has 0 aliphatic heterocycles. The summed E-state index contributed by atoms with van der Waals surface area (Å²) in [6, 6.07) is 53.4. The molecule has 0 aromatic heterocycles. The molecule has 0 N–H and O–H groups in total. The van der Waals surface area contributed by atoms with Crippen LogP contribution in [0.15, 0.2) is 146 Å². The van der Waals surface area contributed by atoms with E-state index < -0.39 is 0 Å². The zero-order valence-electron chi connectivity index (χ0n) is 27.0. The van der Waals surface area contributed by atoms with Gasteiger partial charge < -0.3 is 9.80 Å². The van der Waals surface area contributed by atoms with Crippen molar-refractivity contribution in [1.29, 1.82) is 0 Å². The molecule has 0 atom stereocenters. The lowest BCUT2D eigenvalue weighted by atomic mass is 9.89. The van der Waals surface area contributed by atoms with Crippen LogP contribution in [0.4, 0.5) is 34.1 Å². The smallest absolute Gasteiger partial charge is 0.0461 e. The number of rotatable bonds is 9. The summed E-state index contributed by atoms with van der Waals surface area (Å²) < 4.78 is 0. The molecule has 0 spiro atoms. The molecule has 2 heteroatoms. The van der Waals surface area contributed by atoms with Crippen LogP contribution in [-0.4, -0.2) is 0 Å². The van der Waals surface area contributed by atoms with Gasteiger partial charge in [0, 0.05) is 40.0 Å². The van der Waals surface area contributed by atoms with Gasteiger partial charge in [-0.15, -0.1) is 0 Å². The highest BCUT2D eigenvalue weighted by molar-refractivity contribution is 5.78. The van der Waals surface area contributed by atoms with E-state index in [1.54, 1.807) is 0 Å². The van der Waals surface area contributed by atoms with Gasteiger partial charge in [-0.25, -0.2) is 0 Å². The number of nitrogens with zero attached hydrogens (tertiary/aromatic N) is 2. The Hall–Kier alpha value is -5.08. The van der Waals surface area contributed by atoms with E-state index in [2.05, 4.69) is 190 Å². The monoisotopic (exact) mass is 586 g/mol. The predicted octanol–water partition coefficient (Wildman–Crippen LogP) is 12.4. The van der Waals surface area contributed by atoms with Crippen LogP contribution in [0.1, 0.15) is 52.6 Å². The number of hydrogen-bond donors (Lipinski definition) is 0. The lowest BCUT2D eigenvalue weighted by Crippen LogP contribution is -2.11. The number of aryl methyl sites for hydroxylation is 4. The standard InChI is InChI=1S/C43H42N2/c1-6-43(35-15-27-41(28-16-35)44(37-19-7-31(2)8-20-37)38-21-9-32(3)10-22-38)36-17-29-42(30-18-36)45(39-23-11-33(4)12-24-39)40-25-13-34(5)14-26-40/h7-30,43H,6H2,1-5H3. The average Bonchev–Trinajstić information content (AvgIpc) is 3.06. The van der Waals surface area contributed by atoms with Crippen LogP contribution in [0.2, 0.25) is 0 Å². The number of hydrogen-bond acceptors (Lipinski definition) is 2. The topological polar surface area (TPSA) is 6.48 Å². The zero-order chi connectivity index (χ0) is 31.3. The van der Waals surface area contributed by atoms with Gasteiger partial charge in [0.25, 0.3) is 0 Å². The Morgan fingerprint density at radius 3 is 0.733 bits per heavy atom.